The predicted octanol–water partition coefficient (Wildman–Crippen LogP) is 6.05. The SMILES string of the molecule is N#Cc1ccc([C@@H]2C3=C(CN(CCN4CCN(CCN5CC6=C(C5=O)[C@@H](c5ccc(C#N)cc5)N(CC(=O)O)C(=O)N6c5cccc(C(F)(F)F)c5)C4=N)C3=O)N(c3cccc(C(F)(F)F)c3)C(=O)N2CC(=O)O)cc1. The maximum Gasteiger partial charge on any atom is 0.416 e. The molecule has 0 radical (unpaired) electrons. The van der Waals surface area contributed by atoms with Crippen LogP contribution in [0.4, 0.5) is 47.3 Å². The molecule has 0 saturated carbocycles. The van der Waals surface area contributed by atoms with Gasteiger partial charge in [0.05, 0.1) is 93.5 Å². The van der Waals surface area contributed by atoms with Gasteiger partial charge in [0, 0.05) is 39.3 Å². The molecule has 0 aromatic heterocycles. The second-order valence-corrected chi connectivity index (χ2v) is 18.1. The Morgan fingerprint density at radius 2 is 0.921 bits per heavy atom. The first-order chi connectivity index (χ1) is 36.1. The van der Waals surface area contributed by atoms with Gasteiger partial charge in [-0.25, -0.2) is 9.59 Å². The summed E-state index contributed by atoms with van der Waals surface area (Å²) in [5, 5.41) is 48.0. The summed E-state index contributed by atoms with van der Waals surface area (Å²) in [7, 11) is 0. The van der Waals surface area contributed by atoms with Crippen molar-refractivity contribution in [3.63, 3.8) is 0 Å². The Labute approximate surface area is 427 Å². The molecule has 5 aliphatic heterocycles. The number of hydrogen-bond donors (Lipinski definition) is 3. The molecular formula is C51H41F6N11O8. The number of carboxylic acids is 2. The van der Waals surface area contributed by atoms with E-state index in [2.05, 4.69) is 0 Å². The Morgan fingerprint density at radius 3 is 1.25 bits per heavy atom. The summed E-state index contributed by atoms with van der Waals surface area (Å²) in [6, 6.07) is 18.2. The molecule has 0 bridgehead atoms. The first kappa shape index (κ1) is 51.5. The molecule has 9 rings (SSSR count). The van der Waals surface area contributed by atoms with Crippen LogP contribution in [-0.4, -0.2) is 147 Å². The van der Waals surface area contributed by atoms with Gasteiger partial charge in [-0.05, 0) is 71.8 Å². The van der Waals surface area contributed by atoms with Gasteiger partial charge in [-0.3, -0.25) is 34.4 Å². The summed E-state index contributed by atoms with van der Waals surface area (Å²) in [5.74, 6) is -4.34. The molecule has 3 N–H and O–H groups in total. The molecule has 25 heteroatoms. The fourth-order valence-electron chi connectivity index (χ4n) is 10.1. The number of nitrogens with zero attached hydrogens (tertiary/aromatic N) is 10. The van der Waals surface area contributed by atoms with Gasteiger partial charge < -0.3 is 39.6 Å². The third-order valence-electron chi connectivity index (χ3n) is 13.6. The Hall–Kier alpha value is -9.39. The van der Waals surface area contributed by atoms with Crippen molar-refractivity contribution in [3.05, 3.63) is 153 Å². The molecular weight excluding hydrogens is 1010 g/mol. The van der Waals surface area contributed by atoms with Crippen LogP contribution in [0.2, 0.25) is 0 Å². The zero-order valence-corrected chi connectivity index (χ0v) is 39.5. The standard InChI is InChI=1S/C51H41F6N11O8/c52-50(53,54)33-3-1-5-35(21-33)67-37-25-63(45(73)41(37)43(65(48(67)75)27-39(69)70)31-11-7-29(23-58)8-12-31)19-17-61-15-16-62(47(61)60)18-20-64-26-38-42(46(64)74)44(32-13-9-30(24-59)10-14-32)66(28-40(71)72)49(76)68(38)36-6-2-4-34(22-36)51(55,56)57/h1-14,21-22,43-44,60H,15-20,25-28H2,(H,69,70)(H,71,72)/t43-,44-/m1/s1. The van der Waals surface area contributed by atoms with Crippen LogP contribution < -0.4 is 9.80 Å². The number of guanidine groups is 1. The largest absolute Gasteiger partial charge is 0.480 e. The van der Waals surface area contributed by atoms with Crippen molar-refractivity contribution in [2.75, 3.05) is 75.2 Å². The van der Waals surface area contributed by atoms with Crippen molar-refractivity contribution in [3.8, 4) is 12.1 Å². The first-order valence-electron chi connectivity index (χ1n) is 23.2. The van der Waals surface area contributed by atoms with E-state index in [4.69, 9.17) is 5.41 Å². The molecule has 6 amide bonds. The van der Waals surface area contributed by atoms with E-state index in [-0.39, 0.29) is 114 Å². The van der Waals surface area contributed by atoms with Crippen LogP contribution in [0.5, 0.6) is 0 Å². The number of carbonyl (C=O) groups is 6. The van der Waals surface area contributed by atoms with Crippen LogP contribution in [0, 0.1) is 28.1 Å². The zero-order valence-electron chi connectivity index (χ0n) is 39.5. The first-order valence-corrected chi connectivity index (χ1v) is 23.2. The second-order valence-electron chi connectivity index (χ2n) is 18.1. The van der Waals surface area contributed by atoms with Crippen molar-refractivity contribution in [2.45, 2.75) is 24.4 Å². The summed E-state index contributed by atoms with van der Waals surface area (Å²) in [6.45, 7) is -2.25. The summed E-state index contributed by atoms with van der Waals surface area (Å²) in [6.07, 6.45) is -9.66. The maximum absolute atomic E-state index is 14.6. The molecule has 4 aromatic carbocycles. The van der Waals surface area contributed by atoms with Crippen molar-refractivity contribution in [1.82, 2.24) is 29.4 Å². The number of anilines is 2. The Balaban J connectivity index is 0.949. The van der Waals surface area contributed by atoms with E-state index in [9.17, 15) is 75.8 Å². The molecule has 5 heterocycles. The van der Waals surface area contributed by atoms with Crippen LogP contribution in [0.25, 0.3) is 0 Å². The lowest BCUT2D eigenvalue weighted by atomic mass is 9.92. The third-order valence-corrected chi connectivity index (χ3v) is 13.6. The Bertz CT molecular complexity index is 3050. The summed E-state index contributed by atoms with van der Waals surface area (Å²) < 4.78 is 84.0. The number of nitrogens with one attached hydrogen (secondary N) is 1. The average molecular weight is 1050 g/mol. The minimum Gasteiger partial charge on any atom is -0.480 e. The van der Waals surface area contributed by atoms with E-state index >= 15 is 0 Å². The molecule has 19 nitrogen and oxygen atoms in total. The molecule has 2 atom stereocenters. The van der Waals surface area contributed by atoms with Crippen molar-refractivity contribution in [2.24, 2.45) is 0 Å². The molecule has 1 fully saturated rings. The highest BCUT2D eigenvalue weighted by Gasteiger charge is 2.51. The van der Waals surface area contributed by atoms with Crippen LogP contribution >= 0.6 is 0 Å². The minimum atomic E-state index is -4.83. The highest BCUT2D eigenvalue weighted by atomic mass is 19.4. The fourth-order valence-corrected chi connectivity index (χ4v) is 10.1. The van der Waals surface area contributed by atoms with Gasteiger partial charge in [0.2, 0.25) is 0 Å². The van der Waals surface area contributed by atoms with Gasteiger partial charge in [0.15, 0.2) is 5.96 Å². The van der Waals surface area contributed by atoms with E-state index in [1.54, 1.807) is 9.80 Å². The maximum atomic E-state index is 14.6. The number of aliphatic carboxylic acids is 2. The molecule has 5 aliphatic rings. The number of hydrogen-bond acceptors (Lipinski definition) is 9. The number of amides is 6. The third kappa shape index (κ3) is 9.53. The number of carboxylic acid groups (broad SMARTS) is 2. The lowest BCUT2D eigenvalue weighted by Gasteiger charge is -2.41. The van der Waals surface area contributed by atoms with Crippen LogP contribution in [0.15, 0.2) is 120 Å². The van der Waals surface area contributed by atoms with Crippen molar-refractivity contribution >= 4 is 53.1 Å². The van der Waals surface area contributed by atoms with Gasteiger partial charge in [-0.15, -0.1) is 0 Å². The highest BCUT2D eigenvalue weighted by Crippen LogP contribution is 2.46. The number of urea groups is 2. The highest BCUT2D eigenvalue weighted by molar-refractivity contribution is 6.09. The molecule has 0 spiro atoms. The number of benzene rings is 4. The number of nitriles is 2. The molecule has 4 aromatic rings. The monoisotopic (exact) mass is 1050 g/mol. The summed E-state index contributed by atoms with van der Waals surface area (Å²) >= 11 is 0. The number of carbonyl (C=O) groups excluding carboxylic acids is 4. The fraction of sp³-hybridized carbons (Fsp3) is 0.275. The number of rotatable bonds is 14. The average Bonchev–Trinajstić information content (AvgIpc) is 4.15. The molecule has 0 unspecified atom stereocenters. The molecule has 0 aliphatic carbocycles. The summed E-state index contributed by atoms with van der Waals surface area (Å²) in [5.41, 5.74) is -2.02. The van der Waals surface area contributed by atoms with Crippen molar-refractivity contribution < 1.29 is 65.3 Å². The number of halogens is 6. The lowest BCUT2D eigenvalue weighted by molar-refractivity contribution is -0.139. The van der Waals surface area contributed by atoms with E-state index in [0.717, 1.165) is 43.9 Å². The van der Waals surface area contributed by atoms with Crippen LogP contribution in [0.3, 0.4) is 0 Å². The predicted molar refractivity (Wildman–Crippen MR) is 253 cm³/mol. The molecule has 1 saturated heterocycles. The topological polar surface area (TPSA) is 240 Å². The summed E-state index contributed by atoms with van der Waals surface area (Å²) in [4.78, 5) is 92.0. The van der Waals surface area contributed by atoms with Gasteiger partial charge >= 0.3 is 36.4 Å². The van der Waals surface area contributed by atoms with Gasteiger partial charge in [-0.1, -0.05) is 36.4 Å². The van der Waals surface area contributed by atoms with Gasteiger partial charge in [0.25, 0.3) is 11.8 Å². The van der Waals surface area contributed by atoms with Crippen LogP contribution in [0.1, 0.15) is 45.5 Å². The Kier molecular flexibility index (Phi) is 13.4. The Morgan fingerprint density at radius 1 is 0.566 bits per heavy atom. The normalized spacial score (nSPS) is 19.0. The van der Waals surface area contributed by atoms with Gasteiger partial charge in [-0.2, -0.15) is 36.9 Å². The quantitative estimate of drug-likeness (QED) is 0.122. The smallest absolute Gasteiger partial charge is 0.416 e. The van der Waals surface area contributed by atoms with E-state index in [1.165, 1.54) is 70.5 Å². The van der Waals surface area contributed by atoms with Crippen LogP contribution in [-0.2, 0) is 31.5 Å². The second kappa shape index (κ2) is 19.8. The number of alkyl halides is 6. The lowest BCUT2D eigenvalue weighted by Crippen LogP contribution is -2.52. The zero-order chi connectivity index (χ0) is 54.5. The minimum absolute atomic E-state index is 0.00383. The molecule has 390 valence electrons. The van der Waals surface area contributed by atoms with Gasteiger partial charge in [0.1, 0.15) is 13.1 Å². The van der Waals surface area contributed by atoms with E-state index in [1.807, 2.05) is 12.1 Å². The molecule has 76 heavy (non-hydrogen) atoms. The van der Waals surface area contributed by atoms with E-state index < -0.39 is 84.5 Å². The van der Waals surface area contributed by atoms with E-state index in [0.29, 0.717) is 12.1 Å². The van der Waals surface area contributed by atoms with Crippen molar-refractivity contribution in [1.29, 1.82) is 15.9 Å².